The summed E-state index contributed by atoms with van der Waals surface area (Å²) in [4.78, 5) is 26.6. The quantitative estimate of drug-likeness (QED) is 0.721. The lowest BCUT2D eigenvalue weighted by Crippen LogP contribution is -2.42. The number of nitrogens with one attached hydrogen (secondary N) is 1. The summed E-state index contributed by atoms with van der Waals surface area (Å²) in [6.07, 6.45) is 0. The fourth-order valence-corrected chi connectivity index (χ4v) is 4.91. The van der Waals surface area contributed by atoms with Crippen LogP contribution in [0.2, 0.25) is 0 Å². The Morgan fingerprint density at radius 2 is 1.55 bits per heavy atom. The van der Waals surface area contributed by atoms with Gasteiger partial charge in [-0.3, -0.25) is 14.5 Å². The predicted octanol–water partition coefficient (Wildman–Crippen LogP) is 3.26. The van der Waals surface area contributed by atoms with E-state index in [9.17, 15) is 18.0 Å². The molecule has 1 heterocycles. The van der Waals surface area contributed by atoms with Crippen LogP contribution in [0.3, 0.4) is 0 Å². The van der Waals surface area contributed by atoms with Crippen molar-refractivity contribution >= 4 is 33.0 Å². The van der Waals surface area contributed by atoms with Crippen LogP contribution in [0.25, 0.3) is 0 Å². The number of para-hydroxylation sites is 2. The summed E-state index contributed by atoms with van der Waals surface area (Å²) >= 11 is 0. The summed E-state index contributed by atoms with van der Waals surface area (Å²) in [5.41, 5.74) is 1.74. The summed E-state index contributed by atoms with van der Waals surface area (Å²) in [7, 11) is -3.77. The van der Waals surface area contributed by atoms with E-state index in [4.69, 9.17) is 0 Å². The molecule has 2 amide bonds. The van der Waals surface area contributed by atoms with Crippen molar-refractivity contribution in [3.63, 3.8) is 0 Å². The van der Waals surface area contributed by atoms with Crippen LogP contribution in [0.15, 0.2) is 83.8 Å². The predicted molar refractivity (Wildman–Crippen MR) is 111 cm³/mol. The van der Waals surface area contributed by atoms with Gasteiger partial charge < -0.3 is 5.32 Å². The second kappa shape index (κ2) is 7.52. The molecule has 1 N–H and O–H groups in total. The van der Waals surface area contributed by atoms with E-state index in [1.165, 1.54) is 17.0 Å². The molecule has 3 aromatic rings. The smallest absolute Gasteiger partial charge is 0.260 e. The van der Waals surface area contributed by atoms with Crippen LogP contribution >= 0.6 is 0 Å². The van der Waals surface area contributed by atoms with Crippen LogP contribution in [0.5, 0.6) is 0 Å². The molecule has 0 fully saturated rings. The highest BCUT2D eigenvalue weighted by Crippen LogP contribution is 2.31. The number of benzene rings is 3. The Morgan fingerprint density at radius 1 is 0.897 bits per heavy atom. The molecule has 3 aromatic carbocycles. The Labute approximate surface area is 168 Å². The average Bonchev–Trinajstić information content (AvgIpc) is 2.73. The van der Waals surface area contributed by atoms with Crippen LogP contribution in [-0.4, -0.2) is 26.8 Å². The van der Waals surface area contributed by atoms with E-state index in [-0.39, 0.29) is 28.7 Å². The van der Waals surface area contributed by atoms with Crippen LogP contribution < -0.4 is 10.2 Å². The lowest BCUT2D eigenvalue weighted by Gasteiger charge is -2.29. The molecule has 4 rings (SSSR count). The van der Waals surface area contributed by atoms with E-state index in [1.54, 1.807) is 60.7 Å². The van der Waals surface area contributed by atoms with Gasteiger partial charge in [0.1, 0.15) is 6.54 Å². The topological polar surface area (TPSA) is 83.6 Å². The molecule has 0 spiro atoms. The van der Waals surface area contributed by atoms with Crippen molar-refractivity contribution in [3.05, 3.63) is 90.0 Å². The standard InChI is InChI=1S/C22H18N2O4S/c25-21-14-24(19-12-6-5-11-18(19)23-21)22(26)17-10-4-7-13-20(17)29(27,28)15-16-8-2-1-3-9-16/h1-13H,14-15H2,(H,23,25). The maximum atomic E-state index is 13.3. The van der Waals surface area contributed by atoms with Gasteiger partial charge in [0.05, 0.1) is 27.6 Å². The Morgan fingerprint density at radius 3 is 2.34 bits per heavy atom. The molecule has 0 unspecified atom stereocenters. The molecule has 146 valence electrons. The zero-order valence-electron chi connectivity index (χ0n) is 15.4. The number of nitrogens with zero attached hydrogens (tertiary/aromatic N) is 1. The van der Waals surface area contributed by atoms with Gasteiger partial charge in [0.15, 0.2) is 9.84 Å². The van der Waals surface area contributed by atoms with E-state index in [0.717, 1.165) is 0 Å². The van der Waals surface area contributed by atoms with Gasteiger partial charge in [0.25, 0.3) is 5.91 Å². The first-order chi connectivity index (χ1) is 14.0. The van der Waals surface area contributed by atoms with Gasteiger partial charge in [-0.15, -0.1) is 0 Å². The molecule has 1 aliphatic rings. The molecule has 29 heavy (non-hydrogen) atoms. The SMILES string of the molecule is O=C1CN(C(=O)c2ccccc2S(=O)(=O)Cc2ccccc2)c2ccccc2N1. The van der Waals surface area contributed by atoms with E-state index in [0.29, 0.717) is 16.9 Å². The fraction of sp³-hybridized carbons (Fsp3) is 0.0909. The molecule has 1 aliphatic heterocycles. The monoisotopic (exact) mass is 406 g/mol. The van der Waals surface area contributed by atoms with Crippen molar-refractivity contribution in [2.45, 2.75) is 10.6 Å². The van der Waals surface area contributed by atoms with Crippen molar-refractivity contribution in [2.24, 2.45) is 0 Å². The van der Waals surface area contributed by atoms with Gasteiger partial charge in [-0.25, -0.2) is 8.42 Å². The van der Waals surface area contributed by atoms with Gasteiger partial charge >= 0.3 is 0 Å². The lowest BCUT2D eigenvalue weighted by molar-refractivity contribution is -0.115. The van der Waals surface area contributed by atoms with Crippen molar-refractivity contribution in [1.82, 2.24) is 0 Å². The minimum atomic E-state index is -3.77. The Kier molecular flexibility index (Phi) is 4.90. The molecule has 7 heteroatoms. The first-order valence-corrected chi connectivity index (χ1v) is 10.7. The number of hydrogen-bond donors (Lipinski definition) is 1. The first kappa shape index (κ1) is 18.9. The molecule has 6 nitrogen and oxygen atoms in total. The van der Waals surface area contributed by atoms with Crippen LogP contribution in [0.1, 0.15) is 15.9 Å². The van der Waals surface area contributed by atoms with Crippen LogP contribution in [0.4, 0.5) is 11.4 Å². The minimum Gasteiger partial charge on any atom is -0.323 e. The minimum absolute atomic E-state index is 0.0442. The number of carbonyl (C=O) groups is 2. The van der Waals surface area contributed by atoms with E-state index < -0.39 is 15.7 Å². The molecule has 0 aromatic heterocycles. The number of amides is 2. The van der Waals surface area contributed by atoms with E-state index in [2.05, 4.69) is 5.32 Å². The molecular weight excluding hydrogens is 388 g/mol. The summed E-state index contributed by atoms with van der Waals surface area (Å²) in [6.45, 7) is -0.178. The molecule has 0 saturated carbocycles. The highest BCUT2D eigenvalue weighted by molar-refractivity contribution is 7.90. The molecule has 0 bridgehead atoms. The first-order valence-electron chi connectivity index (χ1n) is 9.02. The highest BCUT2D eigenvalue weighted by Gasteiger charge is 2.31. The van der Waals surface area contributed by atoms with Crippen molar-refractivity contribution in [3.8, 4) is 0 Å². The summed E-state index contributed by atoms with van der Waals surface area (Å²) in [6, 6.07) is 21.9. The largest absolute Gasteiger partial charge is 0.323 e. The third-order valence-corrected chi connectivity index (χ3v) is 6.41. The van der Waals surface area contributed by atoms with E-state index >= 15 is 0 Å². The Balaban J connectivity index is 1.74. The Hall–Kier alpha value is -3.45. The third kappa shape index (κ3) is 3.77. The van der Waals surface area contributed by atoms with Gasteiger partial charge in [-0.05, 0) is 29.8 Å². The van der Waals surface area contributed by atoms with Crippen LogP contribution in [0, 0.1) is 0 Å². The number of hydrogen-bond acceptors (Lipinski definition) is 4. The van der Waals surface area contributed by atoms with Crippen LogP contribution in [-0.2, 0) is 20.4 Å². The normalized spacial score (nSPS) is 13.5. The van der Waals surface area contributed by atoms with Gasteiger partial charge in [-0.2, -0.15) is 0 Å². The van der Waals surface area contributed by atoms with E-state index in [1.807, 2.05) is 6.07 Å². The molecule has 0 saturated heterocycles. The summed E-state index contributed by atoms with van der Waals surface area (Å²) < 4.78 is 26.1. The third-order valence-electron chi connectivity index (χ3n) is 4.67. The second-order valence-corrected chi connectivity index (χ2v) is 8.66. The molecule has 0 aliphatic carbocycles. The average molecular weight is 406 g/mol. The summed E-state index contributed by atoms with van der Waals surface area (Å²) in [5.74, 6) is -1.07. The maximum absolute atomic E-state index is 13.3. The summed E-state index contributed by atoms with van der Waals surface area (Å²) in [5, 5.41) is 2.72. The number of sulfone groups is 1. The second-order valence-electron chi connectivity index (χ2n) is 6.70. The zero-order valence-corrected chi connectivity index (χ0v) is 16.2. The van der Waals surface area contributed by atoms with Gasteiger partial charge in [0, 0.05) is 0 Å². The van der Waals surface area contributed by atoms with Crippen molar-refractivity contribution in [1.29, 1.82) is 0 Å². The molecular formula is C22H18N2O4S. The number of carbonyl (C=O) groups excluding carboxylic acids is 2. The lowest BCUT2D eigenvalue weighted by atomic mass is 10.1. The number of fused-ring (bicyclic) bond motifs is 1. The van der Waals surface area contributed by atoms with Gasteiger partial charge in [0.2, 0.25) is 5.91 Å². The number of anilines is 2. The fourth-order valence-electron chi connectivity index (χ4n) is 3.35. The zero-order chi connectivity index (χ0) is 20.4. The van der Waals surface area contributed by atoms with Gasteiger partial charge in [-0.1, -0.05) is 54.6 Å². The van der Waals surface area contributed by atoms with Crippen molar-refractivity contribution < 1.29 is 18.0 Å². The molecule has 0 radical (unpaired) electrons. The van der Waals surface area contributed by atoms with Crippen molar-refractivity contribution in [2.75, 3.05) is 16.8 Å². The molecule has 0 atom stereocenters. The Bertz CT molecular complexity index is 1190. The maximum Gasteiger partial charge on any atom is 0.260 e. The number of rotatable bonds is 4. The highest BCUT2D eigenvalue weighted by atomic mass is 32.2.